The molecule has 1 aromatic carbocycles. The molecule has 0 unspecified atom stereocenters. The third kappa shape index (κ3) is 4.75. The predicted octanol–water partition coefficient (Wildman–Crippen LogP) is 5.35. The number of nitrogens with one attached hydrogen (secondary N) is 1. The maximum Gasteiger partial charge on any atom is 0.261 e. The van der Waals surface area contributed by atoms with Gasteiger partial charge in [0.25, 0.3) is 5.91 Å². The van der Waals surface area contributed by atoms with E-state index in [-0.39, 0.29) is 11.7 Å². The summed E-state index contributed by atoms with van der Waals surface area (Å²) in [6, 6.07) is 10.6. The largest absolute Gasteiger partial charge is 0.351 e. The molecule has 1 aliphatic carbocycles. The Hall–Kier alpha value is -2.19. The zero-order valence-corrected chi connectivity index (χ0v) is 18.6. The van der Waals surface area contributed by atoms with Crippen LogP contribution in [0.1, 0.15) is 53.6 Å². The molecule has 0 radical (unpaired) electrons. The van der Waals surface area contributed by atoms with Crippen LogP contribution in [0.4, 0.5) is 4.39 Å². The lowest BCUT2D eigenvalue weighted by atomic mass is 10.2. The Morgan fingerprint density at radius 1 is 1.20 bits per heavy atom. The number of carbonyl (C=O) groups excluding carboxylic acids is 1. The van der Waals surface area contributed by atoms with Crippen LogP contribution in [0.2, 0.25) is 0 Å². The van der Waals surface area contributed by atoms with Gasteiger partial charge in [0.1, 0.15) is 11.6 Å². The van der Waals surface area contributed by atoms with E-state index in [1.165, 1.54) is 49.2 Å². The van der Waals surface area contributed by atoms with Gasteiger partial charge in [-0.25, -0.2) is 4.39 Å². The van der Waals surface area contributed by atoms with Gasteiger partial charge >= 0.3 is 0 Å². The molecule has 3 aromatic rings. The summed E-state index contributed by atoms with van der Waals surface area (Å²) in [6.45, 7) is 0.592. The van der Waals surface area contributed by atoms with Crippen LogP contribution in [0.5, 0.6) is 0 Å². The van der Waals surface area contributed by atoms with E-state index in [1.54, 1.807) is 23.9 Å². The summed E-state index contributed by atoms with van der Waals surface area (Å²) in [7, 11) is 0. The van der Waals surface area contributed by atoms with Crippen molar-refractivity contribution >= 4 is 29.0 Å². The molecular weight excluding hydrogens is 419 g/mol. The van der Waals surface area contributed by atoms with E-state index in [1.807, 2.05) is 18.4 Å². The first-order valence-electron chi connectivity index (χ1n) is 10.3. The number of amides is 1. The lowest BCUT2D eigenvalue weighted by Crippen LogP contribution is -2.24. The van der Waals surface area contributed by atoms with Gasteiger partial charge in [-0.2, -0.15) is 0 Å². The van der Waals surface area contributed by atoms with Crippen molar-refractivity contribution in [2.75, 3.05) is 12.8 Å². The highest BCUT2D eigenvalue weighted by Crippen LogP contribution is 2.33. The molecule has 4 rings (SSSR count). The number of hydrogen-bond donors (Lipinski definition) is 1. The lowest BCUT2D eigenvalue weighted by molar-refractivity contribution is 0.0957. The minimum atomic E-state index is -0.262. The summed E-state index contributed by atoms with van der Waals surface area (Å²) in [5.41, 5.74) is 0.913. The fourth-order valence-electron chi connectivity index (χ4n) is 3.91. The molecule has 1 fully saturated rings. The number of thiophene rings is 1. The molecular formula is C22H25FN4OS2. The number of aryl methyl sites for hydroxylation is 1. The highest BCUT2D eigenvalue weighted by atomic mass is 32.2. The molecule has 0 saturated heterocycles. The number of hydrogen-bond acceptors (Lipinski definition) is 5. The number of carbonyl (C=O) groups is 1. The second-order valence-electron chi connectivity index (χ2n) is 7.44. The molecule has 2 heterocycles. The Kier molecular flexibility index (Phi) is 6.84. The Balaban J connectivity index is 1.31. The van der Waals surface area contributed by atoms with Crippen LogP contribution in [0, 0.1) is 5.82 Å². The SMILES string of the molecule is CSc1nnc(CCCNC(=O)c2ccc(-c3ccc(F)cc3)s2)n1C1CCCC1. The quantitative estimate of drug-likeness (QED) is 0.376. The molecule has 0 bridgehead atoms. The van der Waals surface area contributed by atoms with E-state index in [4.69, 9.17) is 0 Å². The molecule has 158 valence electrons. The van der Waals surface area contributed by atoms with Crippen LogP contribution >= 0.6 is 23.1 Å². The van der Waals surface area contributed by atoms with Crippen molar-refractivity contribution in [1.29, 1.82) is 0 Å². The molecule has 0 aliphatic heterocycles. The van der Waals surface area contributed by atoms with E-state index >= 15 is 0 Å². The monoisotopic (exact) mass is 444 g/mol. The summed E-state index contributed by atoms with van der Waals surface area (Å²) in [4.78, 5) is 14.1. The van der Waals surface area contributed by atoms with Gasteiger partial charge in [0.15, 0.2) is 5.16 Å². The Morgan fingerprint density at radius 3 is 2.70 bits per heavy atom. The van der Waals surface area contributed by atoms with E-state index in [2.05, 4.69) is 20.1 Å². The van der Waals surface area contributed by atoms with Gasteiger partial charge in [-0.1, -0.05) is 36.7 Å². The summed E-state index contributed by atoms with van der Waals surface area (Å²) in [6.07, 6.45) is 8.60. The fraction of sp³-hybridized carbons (Fsp3) is 0.409. The highest BCUT2D eigenvalue weighted by Gasteiger charge is 2.23. The van der Waals surface area contributed by atoms with Crippen molar-refractivity contribution < 1.29 is 9.18 Å². The normalized spacial score (nSPS) is 14.3. The lowest BCUT2D eigenvalue weighted by Gasteiger charge is -2.16. The fourth-order valence-corrected chi connectivity index (χ4v) is 5.41. The van der Waals surface area contributed by atoms with Gasteiger partial charge < -0.3 is 9.88 Å². The van der Waals surface area contributed by atoms with Crippen molar-refractivity contribution in [3.8, 4) is 10.4 Å². The Morgan fingerprint density at radius 2 is 1.97 bits per heavy atom. The standard InChI is InChI=1S/C22H25FN4OS2/c1-29-22-26-25-20(27(22)17-5-2-3-6-17)7-4-14-24-21(28)19-13-12-18(30-19)15-8-10-16(23)11-9-15/h8-13,17H,2-7,14H2,1H3,(H,24,28). The van der Waals surface area contributed by atoms with Gasteiger partial charge in [0, 0.05) is 23.9 Å². The minimum absolute atomic E-state index is 0.0737. The average Bonchev–Trinajstić information content (AvgIpc) is 3.51. The first-order chi connectivity index (χ1) is 14.7. The maximum absolute atomic E-state index is 13.1. The molecule has 0 atom stereocenters. The highest BCUT2D eigenvalue weighted by molar-refractivity contribution is 7.98. The smallest absolute Gasteiger partial charge is 0.261 e. The van der Waals surface area contributed by atoms with Crippen molar-refractivity contribution in [2.45, 2.75) is 49.7 Å². The Labute approximate surface area is 184 Å². The number of halogens is 1. The summed E-state index contributed by atoms with van der Waals surface area (Å²) < 4.78 is 15.4. The third-order valence-corrected chi connectivity index (χ3v) is 7.21. The number of thioether (sulfide) groups is 1. The second-order valence-corrected chi connectivity index (χ2v) is 9.30. The third-order valence-electron chi connectivity index (χ3n) is 5.43. The first kappa shape index (κ1) is 21.1. The van der Waals surface area contributed by atoms with Gasteiger partial charge in [0.2, 0.25) is 0 Å². The summed E-state index contributed by atoms with van der Waals surface area (Å²) in [5, 5.41) is 12.7. The molecule has 8 heteroatoms. The van der Waals surface area contributed by atoms with E-state index in [9.17, 15) is 9.18 Å². The van der Waals surface area contributed by atoms with Gasteiger partial charge in [-0.3, -0.25) is 4.79 Å². The van der Waals surface area contributed by atoms with Crippen LogP contribution in [-0.2, 0) is 6.42 Å². The molecule has 5 nitrogen and oxygen atoms in total. The number of nitrogens with zero attached hydrogens (tertiary/aromatic N) is 3. The second kappa shape index (κ2) is 9.75. The van der Waals surface area contributed by atoms with Crippen LogP contribution in [0.25, 0.3) is 10.4 Å². The molecule has 1 saturated carbocycles. The van der Waals surface area contributed by atoms with Crippen molar-refractivity contribution in [3.63, 3.8) is 0 Å². The molecule has 1 N–H and O–H groups in total. The van der Waals surface area contributed by atoms with Crippen LogP contribution < -0.4 is 5.32 Å². The Bertz CT molecular complexity index is 993. The zero-order valence-electron chi connectivity index (χ0n) is 16.9. The topological polar surface area (TPSA) is 59.8 Å². The van der Waals surface area contributed by atoms with Crippen LogP contribution in [-0.4, -0.2) is 33.5 Å². The van der Waals surface area contributed by atoms with E-state index in [0.29, 0.717) is 17.5 Å². The van der Waals surface area contributed by atoms with Crippen LogP contribution in [0.3, 0.4) is 0 Å². The van der Waals surface area contributed by atoms with E-state index < -0.39 is 0 Å². The van der Waals surface area contributed by atoms with Crippen molar-refractivity contribution in [1.82, 2.24) is 20.1 Å². The maximum atomic E-state index is 13.1. The van der Waals surface area contributed by atoms with Crippen LogP contribution in [0.15, 0.2) is 41.6 Å². The molecule has 0 spiro atoms. The molecule has 1 amide bonds. The molecule has 2 aromatic heterocycles. The summed E-state index contributed by atoms with van der Waals surface area (Å²) in [5.74, 6) is 0.687. The number of benzene rings is 1. The average molecular weight is 445 g/mol. The van der Waals surface area contributed by atoms with Crippen molar-refractivity contribution in [3.05, 3.63) is 52.9 Å². The van der Waals surface area contributed by atoms with Gasteiger partial charge in [-0.05, 0) is 55.3 Å². The predicted molar refractivity (Wildman–Crippen MR) is 120 cm³/mol. The minimum Gasteiger partial charge on any atom is -0.351 e. The number of rotatable bonds is 8. The first-order valence-corrected chi connectivity index (χ1v) is 12.3. The van der Waals surface area contributed by atoms with Gasteiger partial charge in [-0.15, -0.1) is 21.5 Å². The van der Waals surface area contributed by atoms with Crippen molar-refractivity contribution in [2.24, 2.45) is 0 Å². The zero-order chi connectivity index (χ0) is 20.9. The van der Waals surface area contributed by atoms with E-state index in [0.717, 1.165) is 34.3 Å². The molecule has 30 heavy (non-hydrogen) atoms. The molecule has 1 aliphatic rings. The number of aromatic nitrogens is 3. The summed E-state index contributed by atoms with van der Waals surface area (Å²) >= 11 is 3.06. The van der Waals surface area contributed by atoms with Gasteiger partial charge in [0.05, 0.1) is 4.88 Å².